The van der Waals surface area contributed by atoms with Gasteiger partial charge in [-0.3, -0.25) is 0 Å². The molecule has 2 unspecified atom stereocenters. The van der Waals surface area contributed by atoms with Gasteiger partial charge in [0.2, 0.25) is 0 Å². The van der Waals surface area contributed by atoms with Gasteiger partial charge in [0.15, 0.2) is 0 Å². The van der Waals surface area contributed by atoms with Crippen LogP contribution in [0.1, 0.15) is 89.5 Å². The van der Waals surface area contributed by atoms with Crippen LogP contribution in [0.2, 0.25) is 0 Å². The Morgan fingerprint density at radius 2 is 1.84 bits per heavy atom. The van der Waals surface area contributed by atoms with Gasteiger partial charge in [-0.15, -0.1) is 0 Å². The van der Waals surface area contributed by atoms with Crippen LogP contribution in [-0.4, -0.2) is 6.61 Å². The van der Waals surface area contributed by atoms with Gasteiger partial charge in [-0.2, -0.15) is 0 Å². The molecule has 0 heterocycles. The molecule has 2 fully saturated rings. The molecule has 2 aliphatic carbocycles. The van der Waals surface area contributed by atoms with Gasteiger partial charge in [-0.05, 0) is 85.8 Å². The minimum atomic E-state index is -0.170. The molecule has 2 heteroatoms. The lowest BCUT2D eigenvalue weighted by Crippen LogP contribution is -2.30. The topological polar surface area (TPSA) is 9.23 Å². The number of benzene rings is 2. The van der Waals surface area contributed by atoms with Gasteiger partial charge in [0.25, 0.3) is 0 Å². The SMILES string of the molecule is C/C=C/COc1cc(F)c2cc([C@@H]3CC[C@@H]4CC(CCCCC)CCC4C3)ccc2c1. The third-order valence-electron chi connectivity index (χ3n) is 7.89. The Morgan fingerprint density at radius 3 is 2.68 bits per heavy atom. The third-order valence-corrected chi connectivity index (χ3v) is 7.89. The molecule has 0 aliphatic heterocycles. The first-order valence-corrected chi connectivity index (χ1v) is 12.6. The summed E-state index contributed by atoms with van der Waals surface area (Å²) in [5, 5.41) is 1.66. The molecule has 2 saturated carbocycles. The van der Waals surface area contributed by atoms with Crippen molar-refractivity contribution >= 4 is 10.8 Å². The molecule has 0 spiro atoms. The first kappa shape index (κ1) is 22.4. The van der Waals surface area contributed by atoms with E-state index in [0.29, 0.717) is 18.3 Å². The summed E-state index contributed by atoms with van der Waals surface area (Å²) in [6.45, 7) is 4.73. The molecule has 4 rings (SSSR count). The smallest absolute Gasteiger partial charge is 0.134 e. The highest BCUT2D eigenvalue weighted by molar-refractivity contribution is 5.85. The van der Waals surface area contributed by atoms with Crippen molar-refractivity contribution in [3.8, 4) is 5.75 Å². The molecule has 31 heavy (non-hydrogen) atoms. The fourth-order valence-corrected chi connectivity index (χ4v) is 6.12. The van der Waals surface area contributed by atoms with E-state index in [-0.39, 0.29) is 5.82 Å². The molecule has 0 radical (unpaired) electrons. The molecule has 168 valence electrons. The van der Waals surface area contributed by atoms with Crippen LogP contribution in [0, 0.1) is 23.6 Å². The van der Waals surface area contributed by atoms with Crippen LogP contribution in [0.5, 0.6) is 5.75 Å². The highest BCUT2D eigenvalue weighted by atomic mass is 19.1. The summed E-state index contributed by atoms with van der Waals surface area (Å²) in [6, 6.07) is 9.93. The minimum Gasteiger partial charge on any atom is -0.489 e. The summed E-state index contributed by atoms with van der Waals surface area (Å²) in [6.07, 6.45) is 17.7. The van der Waals surface area contributed by atoms with E-state index in [1.807, 2.05) is 25.1 Å². The molecular weight excluding hydrogens is 383 g/mol. The second-order valence-corrected chi connectivity index (χ2v) is 9.97. The van der Waals surface area contributed by atoms with Gasteiger partial charge >= 0.3 is 0 Å². The Kier molecular flexibility index (Phi) is 7.69. The monoisotopic (exact) mass is 422 g/mol. The average molecular weight is 423 g/mol. The van der Waals surface area contributed by atoms with Gasteiger partial charge in [-0.1, -0.05) is 63.3 Å². The van der Waals surface area contributed by atoms with Gasteiger partial charge in [-0.25, -0.2) is 4.39 Å². The summed E-state index contributed by atoms with van der Waals surface area (Å²) >= 11 is 0. The lowest BCUT2D eigenvalue weighted by molar-refractivity contribution is 0.113. The number of hydrogen-bond donors (Lipinski definition) is 0. The van der Waals surface area contributed by atoms with E-state index in [0.717, 1.165) is 28.5 Å². The van der Waals surface area contributed by atoms with Crippen LogP contribution in [0.25, 0.3) is 10.8 Å². The molecular formula is C29H39FO. The zero-order valence-corrected chi connectivity index (χ0v) is 19.4. The number of fused-ring (bicyclic) bond motifs is 2. The van der Waals surface area contributed by atoms with Crippen LogP contribution in [0.15, 0.2) is 42.5 Å². The Labute approximate surface area is 188 Å². The van der Waals surface area contributed by atoms with Crippen LogP contribution in [0.4, 0.5) is 4.39 Å². The fraction of sp³-hybridized carbons (Fsp3) is 0.586. The van der Waals surface area contributed by atoms with Gasteiger partial charge in [0.1, 0.15) is 18.2 Å². The van der Waals surface area contributed by atoms with Crippen LogP contribution >= 0.6 is 0 Å². The Bertz CT molecular complexity index is 886. The number of allylic oxidation sites excluding steroid dienone is 1. The van der Waals surface area contributed by atoms with Crippen molar-refractivity contribution in [2.75, 3.05) is 6.61 Å². The van der Waals surface area contributed by atoms with Gasteiger partial charge in [0.05, 0.1) is 0 Å². The molecule has 0 amide bonds. The molecule has 1 nitrogen and oxygen atoms in total. The largest absolute Gasteiger partial charge is 0.489 e. The second-order valence-electron chi connectivity index (χ2n) is 9.97. The molecule has 2 aliphatic rings. The van der Waals surface area contributed by atoms with Crippen LogP contribution in [-0.2, 0) is 0 Å². The van der Waals surface area contributed by atoms with Crippen molar-refractivity contribution in [2.24, 2.45) is 17.8 Å². The predicted molar refractivity (Wildman–Crippen MR) is 129 cm³/mol. The molecule has 2 aromatic rings. The standard InChI is InChI=1S/C29H39FO/c1-3-5-7-8-21-9-10-23-17-24(12-11-22(23)16-21)25-13-14-26-18-27(31-15-6-4-2)20-29(30)28(26)19-25/h4,6,13-14,18-24H,3,5,7-12,15-17H2,1-2H3/b6-4+/t21?,22-,23?,24-/m1/s1. The zero-order valence-electron chi connectivity index (χ0n) is 19.4. The Morgan fingerprint density at radius 1 is 1.00 bits per heavy atom. The number of rotatable bonds is 8. The number of unbranched alkanes of at least 4 members (excludes halogenated alkanes) is 2. The maximum Gasteiger partial charge on any atom is 0.134 e. The summed E-state index contributed by atoms with van der Waals surface area (Å²) in [5.74, 6) is 3.81. The van der Waals surface area contributed by atoms with Crippen molar-refractivity contribution in [1.82, 2.24) is 0 Å². The van der Waals surface area contributed by atoms with Crippen molar-refractivity contribution < 1.29 is 9.13 Å². The van der Waals surface area contributed by atoms with Crippen molar-refractivity contribution in [2.45, 2.75) is 84.0 Å². The molecule has 0 bridgehead atoms. The van der Waals surface area contributed by atoms with Gasteiger partial charge in [0, 0.05) is 11.5 Å². The van der Waals surface area contributed by atoms with E-state index in [9.17, 15) is 4.39 Å². The quantitative estimate of drug-likeness (QED) is 0.305. The highest BCUT2D eigenvalue weighted by Crippen LogP contribution is 2.48. The molecule has 0 aromatic heterocycles. The fourth-order valence-electron chi connectivity index (χ4n) is 6.12. The molecule has 0 N–H and O–H groups in total. The Balaban J connectivity index is 1.40. The van der Waals surface area contributed by atoms with E-state index < -0.39 is 0 Å². The maximum atomic E-state index is 14.8. The number of hydrogen-bond acceptors (Lipinski definition) is 1. The summed E-state index contributed by atoms with van der Waals surface area (Å²) in [7, 11) is 0. The Hall–Kier alpha value is -1.83. The highest BCUT2D eigenvalue weighted by Gasteiger charge is 2.35. The molecule has 2 aromatic carbocycles. The zero-order chi connectivity index (χ0) is 21.6. The molecule has 4 atom stereocenters. The van der Waals surface area contributed by atoms with E-state index in [2.05, 4.69) is 25.1 Å². The van der Waals surface area contributed by atoms with Gasteiger partial charge < -0.3 is 4.74 Å². The molecule has 0 saturated heterocycles. The summed E-state index contributed by atoms with van der Waals surface area (Å²) < 4.78 is 20.5. The van der Waals surface area contributed by atoms with Crippen LogP contribution < -0.4 is 4.74 Å². The van der Waals surface area contributed by atoms with Crippen molar-refractivity contribution in [1.29, 1.82) is 0 Å². The number of halogens is 1. The van der Waals surface area contributed by atoms with Crippen molar-refractivity contribution in [3.05, 3.63) is 53.9 Å². The van der Waals surface area contributed by atoms with E-state index in [4.69, 9.17) is 4.74 Å². The summed E-state index contributed by atoms with van der Waals surface area (Å²) in [5.41, 5.74) is 1.33. The summed E-state index contributed by atoms with van der Waals surface area (Å²) in [4.78, 5) is 0. The van der Waals surface area contributed by atoms with E-state index in [1.54, 1.807) is 0 Å². The maximum absolute atomic E-state index is 14.8. The average Bonchev–Trinajstić information content (AvgIpc) is 2.79. The second kappa shape index (κ2) is 10.7. The lowest BCUT2D eigenvalue weighted by Gasteiger charge is -2.42. The third kappa shape index (κ3) is 5.51. The first-order valence-electron chi connectivity index (χ1n) is 12.6. The lowest BCUT2D eigenvalue weighted by atomic mass is 9.63. The first-order chi connectivity index (χ1) is 15.2. The predicted octanol–water partition coefficient (Wildman–Crippen LogP) is 8.81. The van der Waals surface area contributed by atoms with E-state index >= 15 is 0 Å². The van der Waals surface area contributed by atoms with Crippen LogP contribution in [0.3, 0.4) is 0 Å². The van der Waals surface area contributed by atoms with E-state index in [1.165, 1.54) is 75.8 Å². The normalized spacial score (nSPS) is 26.3. The van der Waals surface area contributed by atoms with Crippen molar-refractivity contribution in [3.63, 3.8) is 0 Å². The minimum absolute atomic E-state index is 0.170. The number of ether oxygens (including phenoxy) is 1.